The van der Waals surface area contributed by atoms with Gasteiger partial charge < -0.3 is 0 Å². The molecule has 2 unspecified atom stereocenters. The molecule has 0 aliphatic heterocycles. The monoisotopic (exact) mass is 490 g/mol. The molecule has 0 saturated carbocycles. The molecule has 0 spiro atoms. The first-order chi connectivity index (χ1) is 18.0. The van der Waals surface area contributed by atoms with Crippen molar-refractivity contribution in [2.75, 3.05) is 0 Å². The number of ketones is 2. The van der Waals surface area contributed by atoms with Crippen LogP contribution in [0.5, 0.6) is 0 Å². The van der Waals surface area contributed by atoms with E-state index in [4.69, 9.17) is 9.97 Å². The lowest BCUT2D eigenvalue weighted by molar-refractivity contribution is -0.133. The normalized spacial score (nSPS) is 13.5. The van der Waals surface area contributed by atoms with Crippen molar-refractivity contribution in [1.29, 1.82) is 0 Å². The second-order valence-corrected chi connectivity index (χ2v) is 9.61. The molecule has 0 saturated heterocycles. The van der Waals surface area contributed by atoms with Gasteiger partial charge in [-0.15, -0.1) is 0 Å². The van der Waals surface area contributed by atoms with Crippen molar-refractivity contribution in [2.24, 2.45) is 11.8 Å². The molecular formula is C33H34N2O2. The van der Waals surface area contributed by atoms with Gasteiger partial charge in [0.05, 0.1) is 22.8 Å². The van der Waals surface area contributed by atoms with Gasteiger partial charge in [-0.05, 0) is 12.8 Å². The van der Waals surface area contributed by atoms with Crippen LogP contribution in [0.3, 0.4) is 0 Å². The molecular weight excluding hydrogens is 456 g/mol. The van der Waals surface area contributed by atoms with Crippen LogP contribution in [0.15, 0.2) is 91.0 Å². The van der Waals surface area contributed by atoms with Gasteiger partial charge in [0.25, 0.3) is 0 Å². The fourth-order valence-electron chi connectivity index (χ4n) is 4.43. The topological polar surface area (TPSA) is 59.9 Å². The van der Waals surface area contributed by atoms with Gasteiger partial charge in [-0.25, -0.2) is 9.97 Å². The molecule has 0 aliphatic carbocycles. The third-order valence-electron chi connectivity index (χ3n) is 7.10. The number of hydrogen-bond acceptors (Lipinski definition) is 4. The molecule has 3 aromatic carbocycles. The SMILES string of the molecule is CCC(C)C(=O)C(C(=O)C(C)CC)c1nc(-c2ccccc2)c(-c2ccccc2)nc1-c1ccccc1. The van der Waals surface area contributed by atoms with Gasteiger partial charge in [-0.2, -0.15) is 0 Å². The van der Waals surface area contributed by atoms with Crippen molar-refractivity contribution >= 4 is 11.6 Å². The molecule has 37 heavy (non-hydrogen) atoms. The first kappa shape index (κ1) is 26.2. The Hall–Kier alpha value is -3.92. The van der Waals surface area contributed by atoms with Crippen molar-refractivity contribution in [3.63, 3.8) is 0 Å². The van der Waals surface area contributed by atoms with E-state index in [2.05, 4.69) is 0 Å². The summed E-state index contributed by atoms with van der Waals surface area (Å²) in [6.07, 6.45) is 1.32. The summed E-state index contributed by atoms with van der Waals surface area (Å²) in [6.45, 7) is 7.74. The van der Waals surface area contributed by atoms with Crippen LogP contribution >= 0.6 is 0 Å². The lowest BCUT2D eigenvalue weighted by Gasteiger charge is -2.24. The number of aromatic nitrogens is 2. The predicted molar refractivity (Wildman–Crippen MR) is 150 cm³/mol. The van der Waals surface area contributed by atoms with Gasteiger partial charge in [0, 0.05) is 28.5 Å². The quantitative estimate of drug-likeness (QED) is 0.213. The van der Waals surface area contributed by atoms with E-state index in [1.807, 2.05) is 119 Å². The Bertz CT molecular complexity index is 1330. The zero-order valence-electron chi connectivity index (χ0n) is 22.0. The zero-order valence-corrected chi connectivity index (χ0v) is 22.0. The third kappa shape index (κ3) is 5.59. The summed E-state index contributed by atoms with van der Waals surface area (Å²) in [6, 6.07) is 29.6. The van der Waals surface area contributed by atoms with Gasteiger partial charge >= 0.3 is 0 Å². The Morgan fingerprint density at radius 1 is 0.568 bits per heavy atom. The van der Waals surface area contributed by atoms with Crippen LogP contribution in [0.2, 0.25) is 0 Å². The molecule has 188 valence electrons. The van der Waals surface area contributed by atoms with Crippen LogP contribution in [-0.4, -0.2) is 21.5 Å². The Balaban J connectivity index is 2.08. The Kier molecular flexibility index (Phi) is 8.39. The number of hydrogen-bond donors (Lipinski definition) is 0. The van der Waals surface area contributed by atoms with E-state index in [0.717, 1.165) is 22.4 Å². The maximum atomic E-state index is 13.8. The van der Waals surface area contributed by atoms with Crippen molar-refractivity contribution in [3.05, 3.63) is 96.7 Å². The molecule has 0 amide bonds. The highest BCUT2D eigenvalue weighted by Crippen LogP contribution is 2.38. The molecule has 4 heteroatoms. The molecule has 0 bridgehead atoms. The summed E-state index contributed by atoms with van der Waals surface area (Å²) < 4.78 is 0. The third-order valence-corrected chi connectivity index (χ3v) is 7.10. The zero-order chi connectivity index (χ0) is 26.4. The van der Waals surface area contributed by atoms with E-state index in [9.17, 15) is 9.59 Å². The minimum Gasteiger partial charge on any atom is -0.298 e. The van der Waals surface area contributed by atoms with Crippen molar-refractivity contribution in [1.82, 2.24) is 9.97 Å². The number of carbonyl (C=O) groups excluding carboxylic acids is 2. The molecule has 4 aromatic rings. The fraction of sp³-hybridized carbons (Fsp3) is 0.273. The van der Waals surface area contributed by atoms with Gasteiger partial charge in [0.15, 0.2) is 11.6 Å². The summed E-state index contributed by atoms with van der Waals surface area (Å²) >= 11 is 0. The van der Waals surface area contributed by atoms with Gasteiger partial charge in [-0.3, -0.25) is 9.59 Å². The van der Waals surface area contributed by atoms with E-state index < -0.39 is 5.92 Å². The summed E-state index contributed by atoms with van der Waals surface area (Å²) in [5.41, 5.74) is 5.06. The maximum Gasteiger partial charge on any atom is 0.152 e. The van der Waals surface area contributed by atoms with Crippen LogP contribution in [0.4, 0.5) is 0 Å². The Labute approximate surface area is 219 Å². The average molecular weight is 491 g/mol. The largest absolute Gasteiger partial charge is 0.298 e. The van der Waals surface area contributed by atoms with E-state index in [1.165, 1.54) is 0 Å². The number of carbonyl (C=O) groups is 2. The molecule has 0 aliphatic rings. The minimum atomic E-state index is -0.972. The summed E-state index contributed by atoms with van der Waals surface area (Å²) in [7, 11) is 0. The summed E-state index contributed by atoms with van der Waals surface area (Å²) in [4.78, 5) is 38.0. The van der Waals surface area contributed by atoms with Crippen molar-refractivity contribution in [3.8, 4) is 33.8 Å². The maximum absolute atomic E-state index is 13.8. The second kappa shape index (κ2) is 11.9. The van der Waals surface area contributed by atoms with Gasteiger partial charge in [0.2, 0.25) is 0 Å². The van der Waals surface area contributed by atoms with E-state index in [0.29, 0.717) is 29.9 Å². The van der Waals surface area contributed by atoms with Gasteiger partial charge in [-0.1, -0.05) is 119 Å². The second-order valence-electron chi connectivity index (χ2n) is 9.61. The van der Waals surface area contributed by atoms with Crippen molar-refractivity contribution in [2.45, 2.75) is 46.5 Å². The molecule has 1 aromatic heterocycles. The highest BCUT2D eigenvalue weighted by atomic mass is 16.2. The molecule has 4 nitrogen and oxygen atoms in total. The first-order valence-corrected chi connectivity index (χ1v) is 13.1. The van der Waals surface area contributed by atoms with E-state index in [-0.39, 0.29) is 23.4 Å². The minimum absolute atomic E-state index is 0.0919. The number of Topliss-reactive ketones (excluding diaryl/α,β-unsaturated/α-hetero) is 2. The van der Waals surface area contributed by atoms with E-state index in [1.54, 1.807) is 0 Å². The van der Waals surface area contributed by atoms with Crippen LogP contribution in [0.25, 0.3) is 33.8 Å². The smallest absolute Gasteiger partial charge is 0.152 e. The number of benzene rings is 3. The lowest BCUT2D eigenvalue weighted by Crippen LogP contribution is -2.32. The van der Waals surface area contributed by atoms with Crippen LogP contribution < -0.4 is 0 Å². The molecule has 1 heterocycles. The predicted octanol–water partition coefficient (Wildman–Crippen LogP) is 7.79. The van der Waals surface area contributed by atoms with Crippen LogP contribution in [0, 0.1) is 11.8 Å². The molecule has 0 fully saturated rings. The molecule has 2 atom stereocenters. The Morgan fingerprint density at radius 2 is 0.919 bits per heavy atom. The highest BCUT2D eigenvalue weighted by Gasteiger charge is 2.37. The van der Waals surface area contributed by atoms with Crippen LogP contribution in [-0.2, 0) is 9.59 Å². The average Bonchev–Trinajstić information content (AvgIpc) is 2.97. The fourth-order valence-corrected chi connectivity index (χ4v) is 4.43. The molecule has 0 radical (unpaired) electrons. The lowest BCUT2D eigenvalue weighted by atomic mass is 9.80. The Morgan fingerprint density at radius 3 is 1.30 bits per heavy atom. The number of rotatable bonds is 10. The summed E-state index contributed by atoms with van der Waals surface area (Å²) in [5.74, 6) is -1.69. The molecule has 0 N–H and O–H groups in total. The number of nitrogens with zero attached hydrogens (tertiary/aromatic N) is 2. The standard InChI is InChI=1S/C33H34N2O2/c1-5-22(3)32(36)27(33(37)23(4)6-2)31-30(26-20-14-9-15-21-26)34-28(24-16-10-7-11-17-24)29(35-31)25-18-12-8-13-19-25/h7-23,27H,5-6H2,1-4H3. The first-order valence-electron chi connectivity index (χ1n) is 13.1. The highest BCUT2D eigenvalue weighted by molar-refractivity contribution is 6.10. The van der Waals surface area contributed by atoms with Crippen LogP contribution in [0.1, 0.15) is 52.1 Å². The molecule has 4 rings (SSSR count). The van der Waals surface area contributed by atoms with E-state index >= 15 is 0 Å². The van der Waals surface area contributed by atoms with Crippen molar-refractivity contribution < 1.29 is 9.59 Å². The summed E-state index contributed by atoms with van der Waals surface area (Å²) in [5, 5.41) is 0. The van der Waals surface area contributed by atoms with Gasteiger partial charge in [0.1, 0.15) is 5.92 Å².